The predicted molar refractivity (Wildman–Crippen MR) is 61.3 cm³/mol. The zero-order chi connectivity index (χ0) is 10.8. The molecule has 1 aromatic heterocycles. The van der Waals surface area contributed by atoms with Crippen molar-refractivity contribution < 1.29 is 0 Å². The lowest BCUT2D eigenvalue weighted by atomic mass is 9.93. The van der Waals surface area contributed by atoms with Crippen LogP contribution in [0.25, 0.3) is 0 Å². The molecule has 1 atom stereocenters. The number of nitrogens with zero attached hydrogens (tertiary/aromatic N) is 1. The van der Waals surface area contributed by atoms with Gasteiger partial charge in [0.15, 0.2) is 0 Å². The van der Waals surface area contributed by atoms with E-state index in [-0.39, 0.29) is 11.5 Å². The minimum absolute atomic E-state index is 0.147. The van der Waals surface area contributed by atoms with Gasteiger partial charge in [-0.3, -0.25) is 11.3 Å². The molecule has 1 aromatic rings. The number of nitrogens with one attached hydrogen (secondary N) is 1. The molecule has 0 spiro atoms. The highest BCUT2D eigenvalue weighted by Crippen LogP contribution is 2.24. The number of hydrogen-bond donors (Lipinski definition) is 2. The fourth-order valence-corrected chi connectivity index (χ4v) is 2.22. The van der Waals surface area contributed by atoms with Gasteiger partial charge in [-0.05, 0) is 6.92 Å². The van der Waals surface area contributed by atoms with Crippen LogP contribution in [0, 0.1) is 0 Å². The fourth-order valence-electron chi connectivity index (χ4n) is 1.07. The van der Waals surface area contributed by atoms with Crippen molar-refractivity contribution in [2.75, 3.05) is 0 Å². The Morgan fingerprint density at radius 1 is 1.57 bits per heavy atom. The van der Waals surface area contributed by atoms with Crippen LogP contribution in [0.5, 0.6) is 0 Å². The Bertz CT molecular complexity index is 288. The van der Waals surface area contributed by atoms with E-state index in [0.717, 1.165) is 11.4 Å². The van der Waals surface area contributed by atoms with Gasteiger partial charge in [0.25, 0.3) is 0 Å². The second kappa shape index (κ2) is 4.38. The summed E-state index contributed by atoms with van der Waals surface area (Å²) < 4.78 is 0. The maximum Gasteiger partial charge on any atom is 0.0944 e. The van der Waals surface area contributed by atoms with Crippen molar-refractivity contribution in [2.24, 2.45) is 5.84 Å². The molecule has 0 aliphatic carbocycles. The third-order valence-electron chi connectivity index (χ3n) is 2.09. The Morgan fingerprint density at radius 2 is 2.21 bits per heavy atom. The highest BCUT2D eigenvalue weighted by atomic mass is 32.1. The maximum atomic E-state index is 5.34. The maximum absolute atomic E-state index is 5.34. The largest absolute Gasteiger partial charge is 0.271 e. The van der Waals surface area contributed by atoms with Crippen molar-refractivity contribution >= 4 is 11.3 Å². The lowest BCUT2D eigenvalue weighted by Crippen LogP contribution is -2.34. The lowest BCUT2D eigenvalue weighted by molar-refractivity contribution is 0.551. The first-order valence-electron chi connectivity index (χ1n) is 4.84. The van der Waals surface area contributed by atoms with Gasteiger partial charge in [-0.2, -0.15) is 0 Å². The van der Waals surface area contributed by atoms with Crippen LogP contribution in [0.15, 0.2) is 5.38 Å². The van der Waals surface area contributed by atoms with E-state index in [1.54, 1.807) is 11.3 Å². The standard InChI is InChI=1S/C10H19N3S/c1-7(13-11)5-9-12-8(6-14-9)10(2,3)4/h6-7,13H,5,11H2,1-4H3. The topological polar surface area (TPSA) is 50.9 Å². The fraction of sp³-hybridized carbons (Fsp3) is 0.700. The second-order valence-electron chi connectivity index (χ2n) is 4.65. The molecule has 3 N–H and O–H groups in total. The Labute approximate surface area is 89.7 Å². The van der Waals surface area contributed by atoms with E-state index >= 15 is 0 Å². The van der Waals surface area contributed by atoms with Gasteiger partial charge in [0, 0.05) is 23.3 Å². The Hall–Kier alpha value is -0.450. The number of hydrazine groups is 1. The summed E-state index contributed by atoms with van der Waals surface area (Å²) in [5.74, 6) is 5.34. The summed E-state index contributed by atoms with van der Waals surface area (Å²) in [4.78, 5) is 4.59. The molecule has 0 bridgehead atoms. The number of aromatic nitrogens is 1. The summed E-state index contributed by atoms with van der Waals surface area (Å²) in [5.41, 5.74) is 4.04. The number of nitrogens with two attached hydrogens (primary N) is 1. The van der Waals surface area contributed by atoms with E-state index in [9.17, 15) is 0 Å². The van der Waals surface area contributed by atoms with Gasteiger partial charge in [-0.15, -0.1) is 11.3 Å². The molecule has 4 heteroatoms. The average molecular weight is 213 g/mol. The second-order valence-corrected chi connectivity index (χ2v) is 5.59. The number of rotatable bonds is 3. The van der Waals surface area contributed by atoms with Crippen LogP contribution in [0.4, 0.5) is 0 Å². The summed E-state index contributed by atoms with van der Waals surface area (Å²) in [7, 11) is 0. The molecule has 0 aliphatic heterocycles. The van der Waals surface area contributed by atoms with E-state index in [1.807, 2.05) is 0 Å². The minimum atomic E-state index is 0.147. The average Bonchev–Trinajstić information content (AvgIpc) is 2.51. The first-order valence-corrected chi connectivity index (χ1v) is 5.72. The first kappa shape index (κ1) is 11.6. The molecular weight excluding hydrogens is 194 g/mol. The van der Waals surface area contributed by atoms with E-state index in [2.05, 4.69) is 43.5 Å². The molecule has 0 aliphatic rings. The molecule has 3 nitrogen and oxygen atoms in total. The van der Waals surface area contributed by atoms with Crippen LogP contribution in [0.2, 0.25) is 0 Å². The molecule has 14 heavy (non-hydrogen) atoms. The van der Waals surface area contributed by atoms with E-state index < -0.39 is 0 Å². The quantitative estimate of drug-likeness (QED) is 0.595. The molecule has 0 saturated heterocycles. The molecule has 0 saturated carbocycles. The van der Waals surface area contributed by atoms with Gasteiger partial charge in [0.2, 0.25) is 0 Å². The van der Waals surface area contributed by atoms with E-state index in [4.69, 9.17) is 5.84 Å². The van der Waals surface area contributed by atoms with Gasteiger partial charge in [0.05, 0.1) is 10.7 Å². The zero-order valence-electron chi connectivity index (χ0n) is 9.29. The van der Waals surface area contributed by atoms with Crippen molar-refractivity contribution in [1.82, 2.24) is 10.4 Å². The van der Waals surface area contributed by atoms with Crippen LogP contribution in [0.3, 0.4) is 0 Å². The third-order valence-corrected chi connectivity index (χ3v) is 2.96. The predicted octanol–water partition coefficient (Wildman–Crippen LogP) is 1.83. The molecule has 1 rings (SSSR count). The lowest BCUT2D eigenvalue weighted by Gasteiger charge is -2.14. The Balaban J connectivity index is 2.69. The molecule has 0 radical (unpaired) electrons. The summed E-state index contributed by atoms with van der Waals surface area (Å²) in [5, 5.41) is 3.29. The van der Waals surface area contributed by atoms with Gasteiger partial charge >= 0.3 is 0 Å². The van der Waals surface area contributed by atoms with Crippen molar-refractivity contribution in [1.29, 1.82) is 0 Å². The highest BCUT2D eigenvalue weighted by molar-refractivity contribution is 7.09. The molecule has 0 aromatic carbocycles. The summed E-state index contributed by atoms with van der Waals surface area (Å²) >= 11 is 1.71. The number of hydrogen-bond acceptors (Lipinski definition) is 4. The minimum Gasteiger partial charge on any atom is -0.271 e. The summed E-state index contributed by atoms with van der Waals surface area (Å²) in [6.07, 6.45) is 0.900. The van der Waals surface area contributed by atoms with Crippen LogP contribution >= 0.6 is 11.3 Å². The molecule has 1 unspecified atom stereocenters. The van der Waals surface area contributed by atoms with Crippen molar-refractivity contribution in [3.05, 3.63) is 16.1 Å². The third kappa shape index (κ3) is 3.04. The van der Waals surface area contributed by atoms with Crippen LogP contribution in [0.1, 0.15) is 38.4 Å². The smallest absolute Gasteiger partial charge is 0.0944 e. The molecule has 80 valence electrons. The van der Waals surface area contributed by atoms with Gasteiger partial charge in [0.1, 0.15) is 0 Å². The molecule has 0 amide bonds. The van der Waals surface area contributed by atoms with E-state index in [0.29, 0.717) is 0 Å². The van der Waals surface area contributed by atoms with Crippen molar-refractivity contribution in [3.63, 3.8) is 0 Å². The van der Waals surface area contributed by atoms with E-state index in [1.165, 1.54) is 5.69 Å². The van der Waals surface area contributed by atoms with Crippen LogP contribution in [-0.2, 0) is 11.8 Å². The molecule has 0 fully saturated rings. The van der Waals surface area contributed by atoms with Gasteiger partial charge in [-0.25, -0.2) is 4.98 Å². The molecule has 1 heterocycles. The van der Waals surface area contributed by atoms with Gasteiger partial charge < -0.3 is 0 Å². The molecular formula is C10H19N3S. The monoisotopic (exact) mass is 213 g/mol. The summed E-state index contributed by atoms with van der Waals surface area (Å²) in [6, 6.07) is 0.286. The highest BCUT2D eigenvalue weighted by Gasteiger charge is 2.17. The number of thiazole rings is 1. The Kier molecular flexibility index (Phi) is 3.64. The van der Waals surface area contributed by atoms with Crippen molar-refractivity contribution in [3.8, 4) is 0 Å². The SMILES string of the molecule is CC(Cc1nc(C(C)(C)C)cs1)NN. The van der Waals surface area contributed by atoms with Gasteiger partial charge in [-0.1, -0.05) is 20.8 Å². The van der Waals surface area contributed by atoms with Crippen molar-refractivity contribution in [2.45, 2.75) is 45.6 Å². The van der Waals surface area contributed by atoms with Crippen LogP contribution in [-0.4, -0.2) is 11.0 Å². The van der Waals surface area contributed by atoms with Crippen LogP contribution < -0.4 is 11.3 Å². The zero-order valence-corrected chi connectivity index (χ0v) is 10.1. The summed E-state index contributed by atoms with van der Waals surface area (Å²) in [6.45, 7) is 8.58. The first-order chi connectivity index (χ1) is 6.43. The normalized spacial score (nSPS) is 14.4. The Morgan fingerprint density at radius 3 is 2.64 bits per heavy atom.